The maximum absolute atomic E-state index is 10.9. The monoisotopic (exact) mass is 238 g/mol. The lowest BCUT2D eigenvalue weighted by Gasteiger charge is -2.31. The SMILES string of the molecule is CCCC(C(N)=O)[N+](C)(C)C.[Br-]. The van der Waals surface area contributed by atoms with Gasteiger partial charge in [0.25, 0.3) is 5.91 Å². The summed E-state index contributed by atoms with van der Waals surface area (Å²) < 4.78 is 0.628. The number of carbonyl (C=O) groups is 1. The number of halogens is 1. The summed E-state index contributed by atoms with van der Waals surface area (Å²) in [6, 6.07) is -0.0417. The Morgan fingerprint density at radius 3 is 1.92 bits per heavy atom. The van der Waals surface area contributed by atoms with E-state index in [-0.39, 0.29) is 28.9 Å². The molecular weight excluding hydrogens is 220 g/mol. The Morgan fingerprint density at radius 1 is 1.42 bits per heavy atom. The van der Waals surface area contributed by atoms with Gasteiger partial charge in [0.15, 0.2) is 6.04 Å². The highest BCUT2D eigenvalue weighted by atomic mass is 79.9. The molecule has 4 heteroatoms. The van der Waals surface area contributed by atoms with Gasteiger partial charge in [-0.2, -0.15) is 0 Å². The van der Waals surface area contributed by atoms with E-state index in [1.807, 2.05) is 21.1 Å². The van der Waals surface area contributed by atoms with Crippen molar-refractivity contribution in [1.29, 1.82) is 0 Å². The van der Waals surface area contributed by atoms with Gasteiger partial charge in [0.05, 0.1) is 21.1 Å². The molecule has 2 N–H and O–H groups in total. The number of nitrogens with two attached hydrogens (primary N) is 1. The van der Waals surface area contributed by atoms with Crippen molar-refractivity contribution in [3.63, 3.8) is 0 Å². The van der Waals surface area contributed by atoms with Gasteiger partial charge in [0.2, 0.25) is 0 Å². The van der Waals surface area contributed by atoms with Crippen molar-refractivity contribution in [3.8, 4) is 0 Å². The topological polar surface area (TPSA) is 43.1 Å². The van der Waals surface area contributed by atoms with Crippen LogP contribution in [-0.2, 0) is 4.79 Å². The van der Waals surface area contributed by atoms with E-state index in [0.29, 0.717) is 4.48 Å². The normalized spacial score (nSPS) is 13.3. The molecule has 0 heterocycles. The maximum atomic E-state index is 10.9. The molecule has 3 nitrogen and oxygen atoms in total. The first-order valence-corrected chi connectivity index (χ1v) is 4.00. The van der Waals surface area contributed by atoms with Crippen LogP contribution < -0.4 is 22.7 Å². The molecule has 0 aliphatic heterocycles. The molecule has 0 saturated carbocycles. The van der Waals surface area contributed by atoms with Crippen LogP contribution in [0, 0.1) is 0 Å². The second-order valence-corrected chi connectivity index (χ2v) is 3.82. The predicted molar refractivity (Wildman–Crippen MR) is 45.9 cm³/mol. The van der Waals surface area contributed by atoms with E-state index in [0.717, 1.165) is 12.8 Å². The van der Waals surface area contributed by atoms with E-state index in [9.17, 15) is 4.79 Å². The van der Waals surface area contributed by atoms with Crippen LogP contribution in [0.4, 0.5) is 0 Å². The van der Waals surface area contributed by atoms with Crippen LogP contribution in [-0.4, -0.2) is 37.6 Å². The molecule has 1 unspecified atom stereocenters. The summed E-state index contributed by atoms with van der Waals surface area (Å²) in [5, 5.41) is 0. The van der Waals surface area contributed by atoms with Gasteiger partial charge in [-0.3, -0.25) is 4.79 Å². The molecule has 0 aromatic rings. The van der Waals surface area contributed by atoms with Crippen molar-refractivity contribution in [2.24, 2.45) is 5.73 Å². The van der Waals surface area contributed by atoms with Crippen LogP contribution in [0.3, 0.4) is 0 Å². The van der Waals surface area contributed by atoms with Crippen LogP contribution >= 0.6 is 0 Å². The van der Waals surface area contributed by atoms with Gasteiger partial charge >= 0.3 is 0 Å². The molecule has 0 bridgehead atoms. The number of likely N-dealkylation sites (N-methyl/N-ethyl adjacent to an activating group) is 1. The third-order valence-corrected chi connectivity index (χ3v) is 1.83. The molecule has 12 heavy (non-hydrogen) atoms. The number of quaternary nitrogens is 1. The van der Waals surface area contributed by atoms with Crippen molar-refractivity contribution in [2.45, 2.75) is 25.8 Å². The summed E-state index contributed by atoms with van der Waals surface area (Å²) in [6.45, 7) is 2.06. The van der Waals surface area contributed by atoms with Crippen molar-refractivity contribution in [3.05, 3.63) is 0 Å². The lowest BCUT2D eigenvalue weighted by atomic mass is 10.1. The number of amides is 1. The fourth-order valence-electron chi connectivity index (χ4n) is 1.18. The van der Waals surface area contributed by atoms with Crippen LogP contribution in [0.5, 0.6) is 0 Å². The van der Waals surface area contributed by atoms with Crippen molar-refractivity contribution >= 4 is 5.91 Å². The lowest BCUT2D eigenvalue weighted by Crippen LogP contribution is -3.00. The van der Waals surface area contributed by atoms with E-state index in [1.165, 1.54) is 0 Å². The van der Waals surface area contributed by atoms with E-state index >= 15 is 0 Å². The Kier molecular flexibility index (Phi) is 6.66. The predicted octanol–water partition coefficient (Wildman–Crippen LogP) is -2.65. The smallest absolute Gasteiger partial charge is 0.275 e. The zero-order chi connectivity index (χ0) is 9.07. The number of carbonyl (C=O) groups excluding carboxylic acids is 1. The second-order valence-electron chi connectivity index (χ2n) is 3.82. The molecule has 0 aromatic heterocycles. The molecule has 0 radical (unpaired) electrons. The van der Waals surface area contributed by atoms with Gasteiger partial charge in [-0.05, 0) is 6.42 Å². The van der Waals surface area contributed by atoms with Crippen LogP contribution in [0.15, 0.2) is 0 Å². The quantitative estimate of drug-likeness (QED) is 0.535. The Labute approximate surface area is 85.3 Å². The number of primary amides is 1. The molecule has 74 valence electrons. The fraction of sp³-hybridized carbons (Fsp3) is 0.875. The lowest BCUT2D eigenvalue weighted by molar-refractivity contribution is -0.886. The van der Waals surface area contributed by atoms with Gasteiger partial charge in [0.1, 0.15) is 0 Å². The number of rotatable bonds is 4. The first-order valence-electron chi connectivity index (χ1n) is 4.00. The molecule has 0 spiro atoms. The highest BCUT2D eigenvalue weighted by molar-refractivity contribution is 5.78. The Morgan fingerprint density at radius 2 is 1.83 bits per heavy atom. The van der Waals surface area contributed by atoms with Crippen LogP contribution in [0.2, 0.25) is 0 Å². The summed E-state index contributed by atoms with van der Waals surface area (Å²) in [6.07, 6.45) is 1.88. The third-order valence-electron chi connectivity index (χ3n) is 1.83. The zero-order valence-electron chi connectivity index (χ0n) is 8.30. The number of nitrogens with zero attached hydrogens (tertiary/aromatic N) is 1. The molecule has 1 atom stereocenters. The average Bonchev–Trinajstić information content (AvgIpc) is 1.79. The largest absolute Gasteiger partial charge is 1.00 e. The Balaban J connectivity index is 0. The summed E-state index contributed by atoms with van der Waals surface area (Å²) >= 11 is 0. The van der Waals surface area contributed by atoms with Gasteiger partial charge in [-0.15, -0.1) is 0 Å². The zero-order valence-corrected chi connectivity index (χ0v) is 9.89. The van der Waals surface area contributed by atoms with Crippen LogP contribution in [0.25, 0.3) is 0 Å². The van der Waals surface area contributed by atoms with Crippen LogP contribution in [0.1, 0.15) is 19.8 Å². The Bertz CT molecular complexity index is 142. The highest BCUT2D eigenvalue weighted by Crippen LogP contribution is 2.08. The minimum absolute atomic E-state index is 0. The number of hydrogen-bond acceptors (Lipinski definition) is 1. The van der Waals surface area contributed by atoms with Gasteiger partial charge in [0, 0.05) is 6.42 Å². The molecule has 0 aliphatic rings. The number of hydrogen-bond donors (Lipinski definition) is 1. The molecule has 1 amide bonds. The molecule has 0 rings (SSSR count). The third kappa shape index (κ3) is 4.72. The molecule has 0 saturated heterocycles. The first-order chi connectivity index (χ1) is 4.89. The minimum atomic E-state index is -0.195. The molecule has 0 aromatic carbocycles. The van der Waals surface area contributed by atoms with Gasteiger partial charge < -0.3 is 27.2 Å². The fourth-order valence-corrected chi connectivity index (χ4v) is 1.18. The van der Waals surface area contributed by atoms with Gasteiger partial charge in [-0.1, -0.05) is 6.92 Å². The second kappa shape index (κ2) is 5.54. The Hall–Kier alpha value is -0.0900. The van der Waals surface area contributed by atoms with E-state index in [2.05, 4.69) is 6.92 Å². The summed E-state index contributed by atoms with van der Waals surface area (Å²) in [7, 11) is 5.97. The minimum Gasteiger partial charge on any atom is -1.00 e. The maximum Gasteiger partial charge on any atom is 0.275 e. The van der Waals surface area contributed by atoms with E-state index in [1.54, 1.807) is 0 Å². The van der Waals surface area contributed by atoms with Crippen molar-refractivity contribution in [2.75, 3.05) is 21.1 Å². The summed E-state index contributed by atoms with van der Waals surface area (Å²) in [5.41, 5.74) is 5.25. The standard InChI is InChI=1S/C8H18N2O.BrH/c1-5-6-7(8(9)11)10(2,3)4;/h7H,5-6H2,1-4H3,(H-,9,11);1H. The van der Waals surface area contributed by atoms with Gasteiger partial charge in [-0.25, -0.2) is 0 Å². The molecular formula is C8H19BrN2O. The highest BCUT2D eigenvalue weighted by Gasteiger charge is 2.27. The van der Waals surface area contributed by atoms with Crippen molar-refractivity contribution < 1.29 is 26.3 Å². The molecule has 0 fully saturated rings. The summed E-state index contributed by atoms with van der Waals surface area (Å²) in [5.74, 6) is -0.195. The first kappa shape index (κ1) is 14.4. The summed E-state index contributed by atoms with van der Waals surface area (Å²) in [4.78, 5) is 10.9. The van der Waals surface area contributed by atoms with E-state index in [4.69, 9.17) is 5.73 Å². The average molecular weight is 239 g/mol. The van der Waals surface area contributed by atoms with E-state index < -0.39 is 0 Å². The van der Waals surface area contributed by atoms with Crippen molar-refractivity contribution in [1.82, 2.24) is 0 Å². The molecule has 0 aliphatic carbocycles.